The number of amides is 2. The van der Waals surface area contributed by atoms with Crippen LogP contribution in [0.25, 0.3) is 22.1 Å². The van der Waals surface area contributed by atoms with Crippen LogP contribution in [-0.2, 0) is 26.9 Å². The Bertz CT molecular complexity index is 2340. The maximum absolute atomic E-state index is 12.6. The van der Waals surface area contributed by atoms with E-state index < -0.39 is 13.3 Å². The molecule has 0 bridgehead atoms. The van der Waals surface area contributed by atoms with Crippen LogP contribution in [0.5, 0.6) is 11.8 Å². The van der Waals surface area contributed by atoms with Crippen LogP contribution in [0.4, 0.5) is 31.8 Å². The zero-order valence-electron chi connectivity index (χ0n) is 31.4. The van der Waals surface area contributed by atoms with Gasteiger partial charge in [0.1, 0.15) is 49.5 Å². The summed E-state index contributed by atoms with van der Waals surface area (Å²) in [6, 6.07) is 14.4. The molecule has 294 valence electrons. The number of likely N-dealkylation sites (N-methyl/N-ethyl adjacent to an activating group) is 1. The van der Waals surface area contributed by atoms with E-state index in [1.165, 1.54) is 0 Å². The number of alkyl halides is 2. The van der Waals surface area contributed by atoms with E-state index in [1.54, 1.807) is 41.6 Å². The van der Waals surface area contributed by atoms with E-state index in [-0.39, 0.29) is 29.3 Å². The highest BCUT2D eigenvalue weighted by Gasteiger charge is 2.29. The first-order valence-electron chi connectivity index (χ1n) is 18.1. The summed E-state index contributed by atoms with van der Waals surface area (Å²) >= 11 is 0. The number of carbonyl (C=O) groups is 2. The van der Waals surface area contributed by atoms with Gasteiger partial charge in [0.25, 0.3) is 11.8 Å². The van der Waals surface area contributed by atoms with Gasteiger partial charge in [0, 0.05) is 109 Å². The second-order valence-corrected chi connectivity index (χ2v) is 12.5. The molecule has 0 unspecified atom stereocenters. The highest BCUT2D eigenvalue weighted by Crippen LogP contribution is 2.31. The lowest BCUT2D eigenvalue weighted by Crippen LogP contribution is -2.34. The lowest BCUT2D eigenvalue weighted by Gasteiger charge is -2.23. The number of nitrogens with one attached hydrogen (secondary N) is 3. The molecule has 8 rings (SSSR count). The van der Waals surface area contributed by atoms with Gasteiger partial charge in [-0.15, -0.1) is 0 Å². The lowest BCUT2D eigenvalue weighted by molar-refractivity contribution is 0.0781. The molecule has 2 aliphatic rings. The van der Waals surface area contributed by atoms with Gasteiger partial charge in [0.05, 0.1) is 11.1 Å². The summed E-state index contributed by atoms with van der Waals surface area (Å²) in [5.41, 5.74) is 6.45. The lowest BCUT2D eigenvalue weighted by atomic mass is 10.0. The Kier molecular flexibility index (Phi) is 12.0. The third-order valence-corrected chi connectivity index (χ3v) is 9.10. The minimum absolute atomic E-state index is 0. The fourth-order valence-corrected chi connectivity index (χ4v) is 6.58. The molecule has 2 aliphatic heterocycles. The van der Waals surface area contributed by atoms with Crippen LogP contribution in [0.1, 0.15) is 50.2 Å². The monoisotopic (exact) mass is 760 g/mol. The van der Waals surface area contributed by atoms with Crippen molar-refractivity contribution in [2.24, 2.45) is 14.1 Å². The molecule has 0 saturated carbocycles. The smallest absolute Gasteiger partial charge is 0.256 e. The van der Waals surface area contributed by atoms with Crippen molar-refractivity contribution in [3.8, 4) is 11.8 Å². The summed E-state index contributed by atoms with van der Waals surface area (Å²) in [6.07, 6.45) is 4.77. The van der Waals surface area contributed by atoms with Gasteiger partial charge in [0.15, 0.2) is 0 Å². The molecule has 0 aliphatic carbocycles. The molecular formula is C39H50F2N10O4. The maximum Gasteiger partial charge on any atom is 0.256 e. The molecule has 6 aromatic heterocycles. The highest BCUT2D eigenvalue weighted by atomic mass is 19.1. The van der Waals surface area contributed by atoms with Gasteiger partial charge in [-0.1, -0.05) is 13.8 Å². The average molecular weight is 761 g/mol. The van der Waals surface area contributed by atoms with Gasteiger partial charge in [-0.3, -0.25) is 9.59 Å². The quantitative estimate of drug-likeness (QED) is 0.136. The minimum atomic E-state index is -0.566. The number of ether oxygens (including phenoxy) is 2. The predicted molar refractivity (Wildman–Crippen MR) is 214 cm³/mol. The standard InChI is InChI=1S/C19H20FN5O2.C18H18FN5O2.C2H6.3H2/c1-24-9-6-14-17(19(24)26)13-3-4-15(23-18(13)25(14)2)22-12-5-8-21-16(11-12)27-10-7-20;1-24-13-5-8-21-18(25)16(13)12-2-3-14(23-17(12)24)22-11-4-7-20-15(10-11)26-9-6-19;1-2;;;/h3-5,8,11H,6-7,9-10H2,1-2H3,(H,21,22,23);2-4,7,10H,5-6,8-9H2,1H3,(H,21,25)(H,20,22,23);1-2H3;3*1H. The van der Waals surface area contributed by atoms with Crippen molar-refractivity contribution in [2.45, 2.75) is 26.7 Å². The number of carbonyl (C=O) groups excluding carboxylic acids is 2. The van der Waals surface area contributed by atoms with Crippen LogP contribution >= 0.6 is 0 Å². The van der Waals surface area contributed by atoms with Gasteiger partial charge < -0.3 is 39.5 Å². The van der Waals surface area contributed by atoms with Crippen LogP contribution in [0, 0.1) is 0 Å². The zero-order valence-corrected chi connectivity index (χ0v) is 31.4. The van der Waals surface area contributed by atoms with Gasteiger partial charge in [-0.05, 0) is 36.4 Å². The minimum Gasteiger partial charge on any atom is -0.475 e. The van der Waals surface area contributed by atoms with E-state index in [4.69, 9.17) is 9.47 Å². The molecule has 0 spiro atoms. The van der Waals surface area contributed by atoms with Crippen LogP contribution in [0.15, 0.2) is 60.9 Å². The molecule has 0 atom stereocenters. The first-order chi connectivity index (χ1) is 26.7. The topological polar surface area (TPSA) is 153 Å². The van der Waals surface area contributed by atoms with E-state index in [9.17, 15) is 18.4 Å². The van der Waals surface area contributed by atoms with E-state index >= 15 is 0 Å². The second kappa shape index (κ2) is 17.2. The number of hydrogen-bond acceptors (Lipinski definition) is 10. The molecule has 2 amide bonds. The van der Waals surface area contributed by atoms with Gasteiger partial charge >= 0.3 is 0 Å². The number of halogens is 2. The molecule has 14 nitrogen and oxygen atoms in total. The number of aryl methyl sites for hydroxylation is 2. The summed E-state index contributed by atoms with van der Waals surface area (Å²) in [6.45, 7) is 4.15. The van der Waals surface area contributed by atoms with Crippen molar-refractivity contribution in [1.82, 2.24) is 39.3 Å². The summed E-state index contributed by atoms with van der Waals surface area (Å²) in [5, 5.41) is 11.0. The molecule has 3 N–H and O–H groups in total. The summed E-state index contributed by atoms with van der Waals surface area (Å²) in [7, 11) is 5.68. The summed E-state index contributed by atoms with van der Waals surface area (Å²) < 4.78 is 38.8. The van der Waals surface area contributed by atoms with Crippen molar-refractivity contribution < 1.29 is 32.1 Å². The Balaban J connectivity index is 0.000000284. The van der Waals surface area contributed by atoms with Crippen LogP contribution in [0.2, 0.25) is 0 Å². The summed E-state index contributed by atoms with van der Waals surface area (Å²) in [4.78, 5) is 43.9. The molecule has 0 fully saturated rings. The van der Waals surface area contributed by atoms with E-state index in [1.807, 2.05) is 68.4 Å². The average Bonchev–Trinajstić information content (AvgIpc) is 3.66. The Morgan fingerprint density at radius 2 is 1.25 bits per heavy atom. The van der Waals surface area contributed by atoms with E-state index in [2.05, 4.69) is 35.9 Å². The second-order valence-electron chi connectivity index (χ2n) is 12.5. The number of rotatable bonds is 10. The Labute approximate surface area is 321 Å². The molecule has 0 radical (unpaired) electrons. The van der Waals surface area contributed by atoms with Crippen LogP contribution < -0.4 is 25.4 Å². The van der Waals surface area contributed by atoms with Crippen molar-refractivity contribution in [3.05, 3.63) is 83.4 Å². The van der Waals surface area contributed by atoms with Crippen LogP contribution in [0.3, 0.4) is 0 Å². The molecule has 8 heterocycles. The Morgan fingerprint density at radius 1 is 0.745 bits per heavy atom. The number of anilines is 4. The number of fused-ring (bicyclic) bond motifs is 6. The normalized spacial score (nSPS) is 13.2. The maximum atomic E-state index is 12.6. The van der Waals surface area contributed by atoms with Gasteiger partial charge in [-0.2, -0.15) is 0 Å². The first kappa shape index (κ1) is 38.4. The predicted octanol–water partition coefficient (Wildman–Crippen LogP) is 6.80. The third kappa shape index (κ3) is 8.12. The molecule has 55 heavy (non-hydrogen) atoms. The van der Waals surface area contributed by atoms with Crippen molar-refractivity contribution in [1.29, 1.82) is 0 Å². The van der Waals surface area contributed by atoms with Crippen molar-refractivity contribution >= 4 is 56.9 Å². The third-order valence-electron chi connectivity index (χ3n) is 9.10. The Morgan fingerprint density at radius 3 is 1.78 bits per heavy atom. The van der Waals surface area contributed by atoms with Gasteiger partial charge in [0.2, 0.25) is 11.8 Å². The SMILES string of the molecule is CC.CN1CCc2c(c3ccc(Nc4ccnc(OCCF)c4)nc3n2C)C1=O.Cn1c2c(c3ccc(Nc4ccnc(OCCF)c4)nc31)C(=O)NCC2.[HH].[HH].[HH]. The summed E-state index contributed by atoms with van der Waals surface area (Å²) in [5.74, 6) is 1.96. The number of nitrogens with zero attached hydrogens (tertiary/aromatic N) is 7. The number of pyridine rings is 4. The van der Waals surface area contributed by atoms with Crippen molar-refractivity contribution in [3.63, 3.8) is 0 Å². The van der Waals surface area contributed by atoms with Crippen LogP contribution in [-0.4, -0.2) is 92.5 Å². The highest BCUT2D eigenvalue weighted by molar-refractivity contribution is 6.09. The fraction of sp³-hybridized carbons (Fsp3) is 0.333. The Hall–Kier alpha value is -6.32. The van der Waals surface area contributed by atoms with E-state index in [0.717, 1.165) is 63.2 Å². The molecule has 0 saturated heterocycles. The molecular weight excluding hydrogens is 710 g/mol. The number of aromatic nitrogens is 6. The largest absolute Gasteiger partial charge is 0.475 e. The first-order valence-corrected chi connectivity index (χ1v) is 18.1. The fourth-order valence-electron chi connectivity index (χ4n) is 6.58. The molecule has 6 aromatic rings. The number of hydrogen-bond donors (Lipinski definition) is 3. The van der Waals surface area contributed by atoms with Gasteiger partial charge in [-0.25, -0.2) is 28.7 Å². The van der Waals surface area contributed by atoms with E-state index in [0.29, 0.717) is 42.0 Å². The molecule has 0 aromatic carbocycles. The zero-order chi connectivity index (χ0) is 39.1. The van der Waals surface area contributed by atoms with Crippen molar-refractivity contribution in [2.75, 3.05) is 57.3 Å². The molecule has 16 heteroatoms.